The zero-order chi connectivity index (χ0) is 13.0. The SMILES string of the molecule is Nc1ccc(F)cc1NCC1(O)CCCCCC1. The molecule has 0 amide bonds. The predicted octanol–water partition coefficient (Wildman–Crippen LogP) is 2.91. The van der Waals surface area contributed by atoms with Crippen molar-refractivity contribution in [2.45, 2.75) is 44.1 Å². The molecule has 0 radical (unpaired) electrons. The third-order valence-corrected chi connectivity index (χ3v) is 3.66. The molecule has 1 fully saturated rings. The van der Waals surface area contributed by atoms with Gasteiger partial charge >= 0.3 is 0 Å². The van der Waals surface area contributed by atoms with E-state index in [4.69, 9.17) is 5.73 Å². The molecule has 1 aromatic rings. The van der Waals surface area contributed by atoms with Crippen LogP contribution in [0.15, 0.2) is 18.2 Å². The van der Waals surface area contributed by atoms with Crippen LogP contribution in [0.4, 0.5) is 15.8 Å². The Morgan fingerprint density at radius 2 is 1.89 bits per heavy atom. The van der Waals surface area contributed by atoms with Crippen LogP contribution in [0.25, 0.3) is 0 Å². The summed E-state index contributed by atoms with van der Waals surface area (Å²) in [5.41, 5.74) is 6.15. The van der Waals surface area contributed by atoms with Crippen LogP contribution in [0.5, 0.6) is 0 Å². The fraction of sp³-hybridized carbons (Fsp3) is 0.571. The molecule has 0 heterocycles. The second-order valence-electron chi connectivity index (χ2n) is 5.22. The van der Waals surface area contributed by atoms with Gasteiger partial charge < -0.3 is 16.2 Å². The summed E-state index contributed by atoms with van der Waals surface area (Å²) in [7, 11) is 0. The van der Waals surface area contributed by atoms with Gasteiger partial charge in [-0.05, 0) is 31.0 Å². The lowest BCUT2D eigenvalue weighted by Gasteiger charge is -2.27. The van der Waals surface area contributed by atoms with Crippen LogP contribution in [-0.4, -0.2) is 17.3 Å². The number of hydrogen-bond donors (Lipinski definition) is 3. The summed E-state index contributed by atoms with van der Waals surface area (Å²) in [5, 5.41) is 13.6. The Morgan fingerprint density at radius 1 is 1.22 bits per heavy atom. The van der Waals surface area contributed by atoms with Crippen molar-refractivity contribution < 1.29 is 9.50 Å². The van der Waals surface area contributed by atoms with Gasteiger partial charge in [0, 0.05) is 6.54 Å². The minimum absolute atomic E-state index is 0.320. The summed E-state index contributed by atoms with van der Waals surface area (Å²) in [6, 6.07) is 4.24. The molecule has 1 aliphatic rings. The predicted molar refractivity (Wildman–Crippen MR) is 72.0 cm³/mol. The standard InChI is InChI=1S/C14H21FN2O/c15-11-5-6-12(16)13(9-11)17-10-14(18)7-3-1-2-4-8-14/h5-6,9,17-18H,1-4,7-8,10,16H2. The maximum Gasteiger partial charge on any atom is 0.125 e. The van der Waals surface area contributed by atoms with E-state index >= 15 is 0 Å². The number of hydrogen-bond acceptors (Lipinski definition) is 3. The minimum Gasteiger partial charge on any atom is -0.397 e. The number of rotatable bonds is 3. The maximum atomic E-state index is 13.1. The van der Waals surface area contributed by atoms with Crippen LogP contribution >= 0.6 is 0 Å². The van der Waals surface area contributed by atoms with E-state index in [0.717, 1.165) is 25.7 Å². The van der Waals surface area contributed by atoms with E-state index in [-0.39, 0.29) is 5.82 Å². The van der Waals surface area contributed by atoms with Crippen molar-refractivity contribution in [2.24, 2.45) is 0 Å². The van der Waals surface area contributed by atoms with Gasteiger partial charge in [-0.1, -0.05) is 25.7 Å². The van der Waals surface area contributed by atoms with E-state index in [1.165, 1.54) is 31.0 Å². The van der Waals surface area contributed by atoms with Crippen molar-refractivity contribution in [3.63, 3.8) is 0 Å². The Morgan fingerprint density at radius 3 is 2.56 bits per heavy atom. The van der Waals surface area contributed by atoms with Crippen molar-refractivity contribution in [1.82, 2.24) is 0 Å². The molecule has 0 saturated heterocycles. The molecule has 0 aliphatic heterocycles. The molecule has 0 bridgehead atoms. The summed E-state index contributed by atoms with van der Waals surface area (Å²) in [6.45, 7) is 0.431. The van der Waals surface area contributed by atoms with Gasteiger partial charge in [0.2, 0.25) is 0 Å². The van der Waals surface area contributed by atoms with Gasteiger partial charge in [-0.3, -0.25) is 0 Å². The first-order valence-electron chi connectivity index (χ1n) is 6.60. The van der Waals surface area contributed by atoms with Crippen molar-refractivity contribution in [3.05, 3.63) is 24.0 Å². The highest BCUT2D eigenvalue weighted by Gasteiger charge is 2.27. The monoisotopic (exact) mass is 252 g/mol. The number of nitrogen functional groups attached to an aromatic ring is 1. The summed E-state index contributed by atoms with van der Waals surface area (Å²) >= 11 is 0. The van der Waals surface area contributed by atoms with E-state index in [0.29, 0.717) is 17.9 Å². The molecule has 18 heavy (non-hydrogen) atoms. The average Bonchev–Trinajstić information content (AvgIpc) is 2.56. The highest BCUT2D eigenvalue weighted by Crippen LogP contribution is 2.28. The second kappa shape index (κ2) is 5.57. The molecule has 1 aromatic carbocycles. The smallest absolute Gasteiger partial charge is 0.125 e. The highest BCUT2D eigenvalue weighted by molar-refractivity contribution is 5.65. The Balaban J connectivity index is 1.99. The van der Waals surface area contributed by atoms with Gasteiger partial charge in [0.15, 0.2) is 0 Å². The van der Waals surface area contributed by atoms with Gasteiger partial charge in [-0.25, -0.2) is 4.39 Å². The molecule has 4 heteroatoms. The number of nitrogens with one attached hydrogen (secondary N) is 1. The van der Waals surface area contributed by atoms with E-state index in [1.807, 2.05) is 0 Å². The van der Waals surface area contributed by atoms with Gasteiger partial charge in [0.25, 0.3) is 0 Å². The van der Waals surface area contributed by atoms with Crippen LogP contribution in [0.3, 0.4) is 0 Å². The molecule has 1 aliphatic carbocycles. The fourth-order valence-corrected chi connectivity index (χ4v) is 2.50. The summed E-state index contributed by atoms with van der Waals surface area (Å²) in [6.07, 6.45) is 6.08. The van der Waals surface area contributed by atoms with Gasteiger partial charge in [0.1, 0.15) is 5.82 Å². The molecule has 0 unspecified atom stereocenters. The molecule has 2 rings (SSSR count). The lowest BCUT2D eigenvalue weighted by atomic mass is 9.94. The molecule has 0 aromatic heterocycles. The number of benzene rings is 1. The van der Waals surface area contributed by atoms with Crippen LogP contribution in [0.2, 0.25) is 0 Å². The topological polar surface area (TPSA) is 58.3 Å². The Hall–Kier alpha value is -1.29. The molecule has 3 nitrogen and oxygen atoms in total. The first-order valence-corrected chi connectivity index (χ1v) is 6.60. The number of halogens is 1. The Kier molecular flexibility index (Phi) is 4.07. The van der Waals surface area contributed by atoms with Gasteiger partial charge in [-0.2, -0.15) is 0 Å². The zero-order valence-corrected chi connectivity index (χ0v) is 10.6. The van der Waals surface area contributed by atoms with Crippen LogP contribution in [0, 0.1) is 5.82 Å². The summed E-state index contributed by atoms with van der Waals surface area (Å²) in [5.74, 6) is -0.320. The summed E-state index contributed by atoms with van der Waals surface area (Å²) < 4.78 is 13.1. The minimum atomic E-state index is -0.685. The molecular weight excluding hydrogens is 231 g/mol. The number of nitrogens with two attached hydrogens (primary N) is 1. The van der Waals surface area contributed by atoms with Crippen molar-refractivity contribution in [3.8, 4) is 0 Å². The fourth-order valence-electron chi connectivity index (χ4n) is 2.50. The first kappa shape index (κ1) is 13.1. The zero-order valence-electron chi connectivity index (χ0n) is 10.6. The molecular formula is C14H21FN2O. The van der Waals surface area contributed by atoms with Gasteiger partial charge in [-0.15, -0.1) is 0 Å². The number of aliphatic hydroxyl groups is 1. The largest absolute Gasteiger partial charge is 0.397 e. The van der Waals surface area contributed by atoms with E-state index in [9.17, 15) is 9.50 Å². The maximum absolute atomic E-state index is 13.1. The number of anilines is 2. The van der Waals surface area contributed by atoms with Gasteiger partial charge in [0.05, 0.1) is 17.0 Å². The van der Waals surface area contributed by atoms with Crippen LogP contribution < -0.4 is 11.1 Å². The Bertz CT molecular complexity index is 401. The second-order valence-corrected chi connectivity index (χ2v) is 5.22. The first-order chi connectivity index (χ1) is 8.59. The van der Waals surface area contributed by atoms with E-state index < -0.39 is 5.60 Å². The molecule has 1 saturated carbocycles. The Labute approximate surface area is 107 Å². The van der Waals surface area contributed by atoms with Crippen molar-refractivity contribution in [2.75, 3.05) is 17.6 Å². The lowest BCUT2D eigenvalue weighted by Crippen LogP contribution is -2.36. The van der Waals surface area contributed by atoms with E-state index in [2.05, 4.69) is 5.32 Å². The summed E-state index contributed by atoms with van der Waals surface area (Å²) in [4.78, 5) is 0. The van der Waals surface area contributed by atoms with Crippen molar-refractivity contribution in [1.29, 1.82) is 0 Å². The van der Waals surface area contributed by atoms with E-state index in [1.54, 1.807) is 0 Å². The molecule has 4 N–H and O–H groups in total. The highest BCUT2D eigenvalue weighted by atomic mass is 19.1. The molecule has 100 valence electrons. The quantitative estimate of drug-likeness (QED) is 0.572. The van der Waals surface area contributed by atoms with Crippen LogP contribution in [0.1, 0.15) is 38.5 Å². The third-order valence-electron chi connectivity index (χ3n) is 3.66. The van der Waals surface area contributed by atoms with Crippen molar-refractivity contribution >= 4 is 11.4 Å². The average molecular weight is 252 g/mol. The normalized spacial score (nSPS) is 19.2. The third kappa shape index (κ3) is 3.35. The molecule has 0 spiro atoms. The van der Waals surface area contributed by atoms with Crippen LogP contribution in [-0.2, 0) is 0 Å². The molecule has 0 atom stereocenters. The lowest BCUT2D eigenvalue weighted by molar-refractivity contribution is 0.0381.